The third kappa shape index (κ3) is 3.08. The number of carbonyl (C=O) groups excluding carboxylic acids is 3. The molecule has 1 saturated carbocycles. The van der Waals surface area contributed by atoms with Crippen LogP contribution in [0.3, 0.4) is 0 Å². The minimum atomic E-state index is -0.578. The summed E-state index contributed by atoms with van der Waals surface area (Å²) in [5, 5.41) is 2.86. The lowest BCUT2D eigenvalue weighted by atomic mass is 9.62. The molecule has 1 aliphatic heterocycles. The molecular formula is C23H23IN2O3. The summed E-state index contributed by atoms with van der Waals surface area (Å²) >= 11 is 2.20. The van der Waals surface area contributed by atoms with E-state index in [1.807, 2.05) is 45.0 Å². The van der Waals surface area contributed by atoms with E-state index in [1.54, 1.807) is 24.3 Å². The van der Waals surface area contributed by atoms with Crippen LogP contribution >= 0.6 is 22.6 Å². The molecule has 1 heterocycles. The van der Waals surface area contributed by atoms with Gasteiger partial charge in [-0.15, -0.1) is 0 Å². The topological polar surface area (TPSA) is 66.5 Å². The molecule has 6 heteroatoms. The lowest BCUT2D eigenvalue weighted by Crippen LogP contribution is -2.59. The second-order valence-electron chi connectivity index (χ2n) is 8.64. The Bertz CT molecular complexity index is 1020. The van der Waals surface area contributed by atoms with Crippen molar-refractivity contribution in [2.45, 2.75) is 33.6 Å². The van der Waals surface area contributed by atoms with Crippen molar-refractivity contribution in [1.82, 2.24) is 0 Å². The number of amides is 3. The number of benzene rings is 2. The fourth-order valence-corrected chi connectivity index (χ4v) is 4.94. The Morgan fingerprint density at radius 1 is 1.10 bits per heavy atom. The summed E-state index contributed by atoms with van der Waals surface area (Å²) in [6.07, 6.45) is 1.43. The summed E-state index contributed by atoms with van der Waals surface area (Å²) in [4.78, 5) is 40.5. The van der Waals surface area contributed by atoms with Gasteiger partial charge in [-0.25, -0.2) is 4.90 Å². The van der Waals surface area contributed by atoms with Crippen molar-refractivity contribution >= 4 is 51.7 Å². The zero-order valence-corrected chi connectivity index (χ0v) is 18.8. The largest absolute Gasteiger partial charge is 0.322 e. The van der Waals surface area contributed by atoms with E-state index in [0.29, 0.717) is 23.4 Å². The van der Waals surface area contributed by atoms with Gasteiger partial charge in [-0.3, -0.25) is 14.4 Å². The van der Waals surface area contributed by atoms with Gasteiger partial charge in [0.1, 0.15) is 0 Å². The van der Waals surface area contributed by atoms with Crippen LogP contribution in [0.15, 0.2) is 48.5 Å². The minimum Gasteiger partial charge on any atom is -0.322 e. The number of carbonyl (C=O) groups is 3. The number of fused-ring (bicyclic) bond motifs is 2. The molecule has 1 N–H and O–H groups in total. The average Bonchev–Trinajstić information content (AvgIpc) is 2.87. The number of anilines is 2. The van der Waals surface area contributed by atoms with Crippen LogP contribution < -0.4 is 10.2 Å². The summed E-state index contributed by atoms with van der Waals surface area (Å²) in [5.74, 6) is -0.796. The van der Waals surface area contributed by atoms with E-state index in [2.05, 4.69) is 27.9 Å². The van der Waals surface area contributed by atoms with Gasteiger partial charge in [0.2, 0.25) is 11.8 Å². The van der Waals surface area contributed by atoms with Gasteiger partial charge in [0.15, 0.2) is 0 Å². The van der Waals surface area contributed by atoms with E-state index in [4.69, 9.17) is 0 Å². The van der Waals surface area contributed by atoms with Crippen molar-refractivity contribution in [3.63, 3.8) is 0 Å². The molecule has 0 spiro atoms. The van der Waals surface area contributed by atoms with E-state index in [1.165, 1.54) is 4.90 Å². The van der Waals surface area contributed by atoms with Crippen LogP contribution in [-0.4, -0.2) is 17.7 Å². The van der Waals surface area contributed by atoms with Crippen LogP contribution in [-0.2, 0) is 9.59 Å². The molecular weight excluding hydrogens is 479 g/mol. The number of imide groups is 1. The first-order valence-corrected chi connectivity index (χ1v) is 10.8. The highest BCUT2D eigenvalue weighted by Crippen LogP contribution is 2.60. The number of nitrogens with one attached hydrogen (secondary N) is 1. The molecule has 0 unspecified atom stereocenters. The maximum atomic E-state index is 13.3. The molecule has 0 aromatic heterocycles. The van der Waals surface area contributed by atoms with Gasteiger partial charge in [-0.2, -0.15) is 0 Å². The molecule has 0 radical (unpaired) electrons. The second kappa shape index (κ2) is 6.93. The molecule has 2 fully saturated rings. The van der Waals surface area contributed by atoms with Gasteiger partial charge < -0.3 is 5.32 Å². The Hall–Kier alpha value is -2.22. The van der Waals surface area contributed by atoms with Gasteiger partial charge >= 0.3 is 0 Å². The van der Waals surface area contributed by atoms with Crippen molar-refractivity contribution < 1.29 is 14.4 Å². The highest BCUT2D eigenvalue weighted by Gasteiger charge is 2.64. The van der Waals surface area contributed by atoms with Crippen molar-refractivity contribution in [2.24, 2.45) is 16.7 Å². The number of rotatable bonds is 3. The molecule has 2 aliphatic rings. The van der Waals surface area contributed by atoms with E-state index in [-0.39, 0.29) is 29.1 Å². The monoisotopic (exact) mass is 502 g/mol. The second-order valence-corrected chi connectivity index (χ2v) is 9.88. The van der Waals surface area contributed by atoms with E-state index in [0.717, 1.165) is 9.99 Å². The maximum absolute atomic E-state index is 13.3. The summed E-state index contributed by atoms with van der Waals surface area (Å²) in [7, 11) is 0. The molecule has 3 amide bonds. The highest BCUT2D eigenvalue weighted by molar-refractivity contribution is 14.1. The van der Waals surface area contributed by atoms with Crippen molar-refractivity contribution in [3.05, 3.63) is 57.7 Å². The van der Waals surface area contributed by atoms with Crippen LogP contribution in [0.4, 0.5) is 11.4 Å². The van der Waals surface area contributed by atoms with Crippen molar-refractivity contribution in [2.75, 3.05) is 10.2 Å². The molecule has 1 aliphatic carbocycles. The number of halogens is 1. The average molecular weight is 502 g/mol. The fraction of sp³-hybridized carbons (Fsp3) is 0.348. The summed E-state index contributed by atoms with van der Waals surface area (Å²) < 4.78 is 1.08. The maximum Gasteiger partial charge on any atom is 0.255 e. The van der Waals surface area contributed by atoms with E-state index < -0.39 is 5.41 Å². The molecule has 29 heavy (non-hydrogen) atoms. The molecule has 5 nitrogen and oxygen atoms in total. The van der Waals surface area contributed by atoms with Gasteiger partial charge in [-0.1, -0.05) is 26.8 Å². The third-order valence-electron chi connectivity index (χ3n) is 6.89. The quantitative estimate of drug-likeness (QED) is 0.482. The summed E-state index contributed by atoms with van der Waals surface area (Å²) in [5.41, 5.74) is 0.619. The Morgan fingerprint density at radius 2 is 1.79 bits per heavy atom. The Balaban J connectivity index is 1.64. The molecule has 1 saturated heterocycles. The van der Waals surface area contributed by atoms with Gasteiger partial charge in [0, 0.05) is 20.7 Å². The lowest BCUT2D eigenvalue weighted by molar-refractivity contribution is -0.146. The smallest absolute Gasteiger partial charge is 0.255 e. The first kappa shape index (κ1) is 20.1. The minimum absolute atomic E-state index is 0.162. The normalized spacial score (nSPS) is 25.2. The highest BCUT2D eigenvalue weighted by atomic mass is 127. The first-order valence-electron chi connectivity index (χ1n) is 9.70. The Labute approximate surface area is 184 Å². The lowest BCUT2D eigenvalue weighted by Gasteiger charge is -2.47. The van der Waals surface area contributed by atoms with Gasteiger partial charge in [-0.05, 0) is 83.3 Å². The Morgan fingerprint density at radius 3 is 2.48 bits per heavy atom. The Kier molecular flexibility index (Phi) is 4.80. The molecule has 2 aromatic rings. The zero-order chi connectivity index (χ0) is 21.0. The van der Waals surface area contributed by atoms with E-state index in [9.17, 15) is 14.4 Å². The standard InChI is InChI=1S/C23H23IN2O3/c1-22(2)18-11-12-23(22,3)21(29)26(20(18)28)17-6-4-5-14(13-17)19(27)25-16-9-7-15(24)8-10-16/h4-10,13,18H,11-12H2,1-3H3,(H,25,27)/t18-,23+/m0/s1. The fourth-order valence-electron chi connectivity index (χ4n) is 4.59. The SMILES string of the molecule is CC1(C)[C@H]2CC[C@]1(C)C(=O)N(c1cccc(C(=O)Nc3ccc(I)cc3)c1)C2=O. The number of hydrogen-bond acceptors (Lipinski definition) is 3. The van der Waals surface area contributed by atoms with Crippen LogP contribution in [0.25, 0.3) is 0 Å². The van der Waals surface area contributed by atoms with Crippen LogP contribution in [0.2, 0.25) is 0 Å². The predicted octanol–water partition coefficient (Wildman–Crippen LogP) is 4.86. The summed E-state index contributed by atoms with van der Waals surface area (Å²) in [6, 6.07) is 14.2. The zero-order valence-electron chi connectivity index (χ0n) is 16.7. The first-order chi connectivity index (χ1) is 13.6. The van der Waals surface area contributed by atoms with Crippen molar-refractivity contribution in [3.8, 4) is 0 Å². The molecule has 4 rings (SSSR count). The van der Waals surface area contributed by atoms with E-state index >= 15 is 0 Å². The third-order valence-corrected chi connectivity index (χ3v) is 7.61. The molecule has 150 valence electrons. The van der Waals surface area contributed by atoms with Crippen LogP contribution in [0, 0.1) is 20.3 Å². The van der Waals surface area contributed by atoms with Crippen molar-refractivity contribution in [1.29, 1.82) is 0 Å². The number of hydrogen-bond donors (Lipinski definition) is 1. The number of piperidine rings is 1. The van der Waals surface area contributed by atoms with Crippen LogP contribution in [0.5, 0.6) is 0 Å². The van der Waals surface area contributed by atoms with Gasteiger partial charge in [0.25, 0.3) is 5.91 Å². The molecule has 2 aromatic carbocycles. The molecule has 2 bridgehead atoms. The number of nitrogens with zero attached hydrogens (tertiary/aromatic N) is 1. The van der Waals surface area contributed by atoms with Gasteiger partial charge in [0.05, 0.1) is 11.1 Å². The molecule has 2 atom stereocenters. The summed E-state index contributed by atoms with van der Waals surface area (Å²) in [6.45, 7) is 5.99. The predicted molar refractivity (Wildman–Crippen MR) is 121 cm³/mol. The van der Waals surface area contributed by atoms with Crippen LogP contribution in [0.1, 0.15) is 44.0 Å².